The molecule has 1 amide bonds. The highest BCUT2D eigenvalue weighted by molar-refractivity contribution is 5.93. The van der Waals surface area contributed by atoms with Crippen molar-refractivity contribution in [2.24, 2.45) is 17.6 Å². The summed E-state index contributed by atoms with van der Waals surface area (Å²) >= 11 is 0. The lowest BCUT2D eigenvalue weighted by Crippen LogP contribution is -2.29. The monoisotopic (exact) mass is 246 g/mol. The first kappa shape index (κ1) is 13.1. The highest BCUT2D eigenvalue weighted by atomic mass is 16.1. The number of hydrogen-bond donors (Lipinski definition) is 2. The molecule has 98 valence electrons. The molecule has 3 heteroatoms. The van der Waals surface area contributed by atoms with Crippen molar-refractivity contribution in [2.75, 3.05) is 11.9 Å². The number of rotatable bonds is 3. The van der Waals surface area contributed by atoms with Gasteiger partial charge in [0.15, 0.2) is 0 Å². The van der Waals surface area contributed by atoms with Gasteiger partial charge in [0.25, 0.3) is 0 Å². The number of hydrogen-bond acceptors (Lipinski definition) is 2. The molecular formula is C15H22N2O. The Balaban J connectivity index is 2.04. The fourth-order valence-electron chi connectivity index (χ4n) is 2.72. The molecule has 0 heterocycles. The van der Waals surface area contributed by atoms with Gasteiger partial charge in [-0.15, -0.1) is 0 Å². The lowest BCUT2D eigenvalue weighted by atomic mass is 9.95. The van der Waals surface area contributed by atoms with Crippen LogP contribution in [0.25, 0.3) is 0 Å². The van der Waals surface area contributed by atoms with Gasteiger partial charge in [-0.2, -0.15) is 0 Å². The Labute approximate surface area is 109 Å². The van der Waals surface area contributed by atoms with Crippen molar-refractivity contribution in [1.82, 2.24) is 0 Å². The molecule has 1 saturated carbocycles. The molecule has 0 aromatic heterocycles. The average Bonchev–Trinajstić information content (AvgIpc) is 2.82. The Morgan fingerprint density at radius 1 is 1.33 bits per heavy atom. The molecule has 3 nitrogen and oxygen atoms in total. The number of amides is 1. The van der Waals surface area contributed by atoms with Gasteiger partial charge >= 0.3 is 0 Å². The van der Waals surface area contributed by atoms with E-state index in [1.54, 1.807) is 0 Å². The smallest absolute Gasteiger partial charge is 0.227 e. The fourth-order valence-corrected chi connectivity index (χ4v) is 2.72. The Kier molecular flexibility index (Phi) is 4.02. The van der Waals surface area contributed by atoms with E-state index in [2.05, 4.69) is 19.2 Å². The first-order valence-corrected chi connectivity index (χ1v) is 6.70. The van der Waals surface area contributed by atoms with Gasteiger partial charge in [0.05, 0.1) is 0 Å². The van der Waals surface area contributed by atoms with Crippen LogP contribution in [0.15, 0.2) is 18.2 Å². The summed E-state index contributed by atoms with van der Waals surface area (Å²) in [6, 6.07) is 6.03. The van der Waals surface area contributed by atoms with Crippen molar-refractivity contribution in [3.05, 3.63) is 29.3 Å². The van der Waals surface area contributed by atoms with Crippen LogP contribution in [0.5, 0.6) is 0 Å². The summed E-state index contributed by atoms with van der Waals surface area (Å²) in [6.45, 7) is 4.75. The molecule has 0 saturated heterocycles. The van der Waals surface area contributed by atoms with Crippen LogP contribution in [-0.2, 0) is 4.79 Å². The Hall–Kier alpha value is -1.35. The largest absolute Gasteiger partial charge is 0.330 e. The quantitative estimate of drug-likeness (QED) is 0.861. The zero-order valence-corrected chi connectivity index (χ0v) is 11.2. The number of nitrogens with two attached hydrogens (primary N) is 1. The lowest BCUT2D eigenvalue weighted by Gasteiger charge is -2.17. The summed E-state index contributed by atoms with van der Waals surface area (Å²) in [4.78, 5) is 12.2. The number of anilines is 1. The van der Waals surface area contributed by atoms with Crippen LogP contribution in [-0.4, -0.2) is 12.5 Å². The second-order valence-electron chi connectivity index (χ2n) is 5.32. The van der Waals surface area contributed by atoms with Crippen molar-refractivity contribution in [1.29, 1.82) is 0 Å². The zero-order valence-electron chi connectivity index (χ0n) is 11.2. The average molecular weight is 246 g/mol. The first-order chi connectivity index (χ1) is 8.61. The van der Waals surface area contributed by atoms with E-state index < -0.39 is 0 Å². The predicted molar refractivity (Wildman–Crippen MR) is 74.4 cm³/mol. The summed E-state index contributed by atoms with van der Waals surface area (Å²) < 4.78 is 0. The van der Waals surface area contributed by atoms with Crippen LogP contribution in [0.3, 0.4) is 0 Å². The van der Waals surface area contributed by atoms with Gasteiger partial charge in [0, 0.05) is 11.6 Å². The van der Waals surface area contributed by atoms with E-state index in [9.17, 15) is 4.79 Å². The predicted octanol–water partition coefficient (Wildman–Crippen LogP) is 2.62. The van der Waals surface area contributed by atoms with E-state index in [0.29, 0.717) is 12.5 Å². The van der Waals surface area contributed by atoms with Gasteiger partial charge in [-0.3, -0.25) is 4.79 Å². The molecule has 1 aliphatic carbocycles. The Morgan fingerprint density at radius 3 is 2.78 bits per heavy atom. The van der Waals surface area contributed by atoms with Crippen molar-refractivity contribution in [2.45, 2.75) is 33.1 Å². The number of carbonyl (C=O) groups is 1. The molecule has 1 aromatic rings. The van der Waals surface area contributed by atoms with Crippen LogP contribution < -0.4 is 11.1 Å². The van der Waals surface area contributed by atoms with Gasteiger partial charge < -0.3 is 11.1 Å². The maximum atomic E-state index is 12.2. The van der Waals surface area contributed by atoms with Crippen molar-refractivity contribution < 1.29 is 4.79 Å². The van der Waals surface area contributed by atoms with Crippen LogP contribution in [0.2, 0.25) is 0 Å². The van der Waals surface area contributed by atoms with Gasteiger partial charge in [-0.05, 0) is 62.4 Å². The maximum absolute atomic E-state index is 12.2. The van der Waals surface area contributed by atoms with Crippen LogP contribution >= 0.6 is 0 Å². The molecule has 1 aromatic carbocycles. The molecule has 0 unspecified atom stereocenters. The number of aryl methyl sites for hydroxylation is 2. The summed E-state index contributed by atoms with van der Waals surface area (Å²) in [7, 11) is 0. The van der Waals surface area contributed by atoms with E-state index in [4.69, 9.17) is 5.73 Å². The number of nitrogens with one attached hydrogen (secondary N) is 1. The van der Waals surface area contributed by atoms with Crippen molar-refractivity contribution in [3.8, 4) is 0 Å². The topological polar surface area (TPSA) is 55.1 Å². The number of benzene rings is 1. The molecule has 0 bridgehead atoms. The Morgan fingerprint density at radius 2 is 2.11 bits per heavy atom. The highest BCUT2D eigenvalue weighted by Crippen LogP contribution is 2.31. The van der Waals surface area contributed by atoms with E-state index in [-0.39, 0.29) is 11.8 Å². The summed E-state index contributed by atoms with van der Waals surface area (Å²) in [5.74, 6) is 0.583. The van der Waals surface area contributed by atoms with Gasteiger partial charge in [0.2, 0.25) is 5.91 Å². The third-order valence-electron chi connectivity index (χ3n) is 4.07. The number of carbonyl (C=O) groups excluding carboxylic acids is 1. The summed E-state index contributed by atoms with van der Waals surface area (Å²) in [5.41, 5.74) is 9.06. The summed E-state index contributed by atoms with van der Waals surface area (Å²) in [5, 5.41) is 3.02. The molecule has 2 rings (SSSR count). The van der Waals surface area contributed by atoms with Gasteiger partial charge in [0.1, 0.15) is 0 Å². The molecule has 0 spiro atoms. The van der Waals surface area contributed by atoms with Gasteiger partial charge in [-0.1, -0.05) is 12.5 Å². The first-order valence-electron chi connectivity index (χ1n) is 6.70. The van der Waals surface area contributed by atoms with E-state index in [1.165, 1.54) is 11.1 Å². The fraction of sp³-hybridized carbons (Fsp3) is 0.533. The molecule has 1 aliphatic rings. The molecule has 0 radical (unpaired) electrons. The van der Waals surface area contributed by atoms with Crippen LogP contribution in [0.4, 0.5) is 5.69 Å². The standard InChI is InChI=1S/C15H22N2O/c1-10-6-7-13(8-11(10)2)17-15(18)14-5-3-4-12(14)9-16/h6-8,12,14H,3-5,9,16H2,1-2H3,(H,17,18)/t12-,14-/m1/s1. The van der Waals surface area contributed by atoms with Gasteiger partial charge in [-0.25, -0.2) is 0 Å². The van der Waals surface area contributed by atoms with E-state index >= 15 is 0 Å². The minimum absolute atomic E-state index is 0.0941. The SMILES string of the molecule is Cc1ccc(NC(=O)[C@@H]2CCC[C@@H]2CN)cc1C. The molecule has 2 atom stereocenters. The molecule has 0 aliphatic heterocycles. The third kappa shape index (κ3) is 2.72. The van der Waals surface area contributed by atoms with Crippen molar-refractivity contribution in [3.63, 3.8) is 0 Å². The van der Waals surface area contributed by atoms with Crippen LogP contribution in [0, 0.1) is 25.7 Å². The lowest BCUT2D eigenvalue weighted by molar-refractivity contribution is -0.120. The Bertz CT molecular complexity index is 442. The normalized spacial score (nSPS) is 23.1. The summed E-state index contributed by atoms with van der Waals surface area (Å²) in [6.07, 6.45) is 3.17. The van der Waals surface area contributed by atoms with E-state index in [0.717, 1.165) is 24.9 Å². The molecule has 18 heavy (non-hydrogen) atoms. The molecule has 3 N–H and O–H groups in total. The van der Waals surface area contributed by atoms with E-state index in [1.807, 2.05) is 18.2 Å². The second kappa shape index (κ2) is 5.53. The highest BCUT2D eigenvalue weighted by Gasteiger charge is 2.31. The minimum Gasteiger partial charge on any atom is -0.330 e. The maximum Gasteiger partial charge on any atom is 0.227 e. The second-order valence-corrected chi connectivity index (χ2v) is 5.32. The molecular weight excluding hydrogens is 224 g/mol. The molecule has 1 fully saturated rings. The van der Waals surface area contributed by atoms with Crippen molar-refractivity contribution >= 4 is 11.6 Å². The third-order valence-corrected chi connectivity index (χ3v) is 4.07. The minimum atomic E-state index is 0.0941. The zero-order chi connectivity index (χ0) is 13.1. The van der Waals surface area contributed by atoms with Crippen LogP contribution in [0.1, 0.15) is 30.4 Å².